The number of anilines is 2. The molecule has 3 aliphatic heterocycles. The molecule has 0 bridgehead atoms. The van der Waals surface area contributed by atoms with Gasteiger partial charge in [-0.05, 0) is 48.2 Å². The Hall–Kier alpha value is -2.74. The summed E-state index contributed by atoms with van der Waals surface area (Å²) >= 11 is 0. The van der Waals surface area contributed by atoms with Crippen molar-refractivity contribution < 1.29 is 22.7 Å². The number of sulfonamides is 1. The fourth-order valence-corrected chi connectivity index (χ4v) is 4.98. The highest BCUT2D eigenvalue weighted by Crippen LogP contribution is 2.39. The summed E-state index contributed by atoms with van der Waals surface area (Å²) in [7, 11) is -3.76. The van der Waals surface area contributed by atoms with Gasteiger partial charge in [-0.3, -0.25) is 9.52 Å². The lowest BCUT2D eigenvalue weighted by molar-refractivity contribution is -0.118. The largest absolute Gasteiger partial charge is 0.486 e. The summed E-state index contributed by atoms with van der Waals surface area (Å²) in [5.41, 5.74) is 3.52. The third-order valence-electron chi connectivity index (χ3n) is 5.13. The van der Waals surface area contributed by atoms with Gasteiger partial charge in [-0.25, -0.2) is 8.42 Å². The molecule has 5 rings (SSSR count). The molecule has 0 saturated carbocycles. The summed E-state index contributed by atoms with van der Waals surface area (Å²) < 4.78 is 39.3. The fraction of sp³-hybridized carbons (Fsp3) is 0.316. The van der Waals surface area contributed by atoms with Crippen LogP contribution in [-0.2, 0) is 27.7 Å². The summed E-state index contributed by atoms with van der Waals surface area (Å²) in [5, 5.41) is 0. The number of hydrogen-bond donors (Lipinski definition) is 1. The molecule has 0 radical (unpaired) electrons. The Bertz CT molecular complexity index is 1060. The van der Waals surface area contributed by atoms with Crippen molar-refractivity contribution in [1.82, 2.24) is 0 Å². The second-order valence-corrected chi connectivity index (χ2v) is 8.53. The van der Waals surface area contributed by atoms with Crippen molar-refractivity contribution in [2.24, 2.45) is 0 Å². The van der Waals surface area contributed by atoms with Crippen LogP contribution in [0, 0.1) is 0 Å². The van der Waals surface area contributed by atoms with Gasteiger partial charge in [0, 0.05) is 24.7 Å². The van der Waals surface area contributed by atoms with Crippen molar-refractivity contribution in [3.05, 3.63) is 41.5 Å². The molecule has 0 fully saturated rings. The number of aryl methyl sites for hydroxylation is 1. The molecule has 7 nitrogen and oxygen atoms in total. The van der Waals surface area contributed by atoms with E-state index < -0.39 is 10.0 Å². The van der Waals surface area contributed by atoms with Gasteiger partial charge in [-0.15, -0.1) is 0 Å². The van der Waals surface area contributed by atoms with Gasteiger partial charge in [0.1, 0.15) is 13.2 Å². The first kappa shape index (κ1) is 16.4. The maximum Gasteiger partial charge on any atom is 0.262 e. The van der Waals surface area contributed by atoms with Crippen LogP contribution in [0.3, 0.4) is 0 Å². The van der Waals surface area contributed by atoms with Gasteiger partial charge in [-0.1, -0.05) is 0 Å². The first-order chi connectivity index (χ1) is 13.0. The SMILES string of the molecule is O=C1CCc2cc(NS(=O)(=O)c3ccc4c(c3)OCCO4)cc3c2N1CC3. The highest BCUT2D eigenvalue weighted by Gasteiger charge is 2.32. The number of nitrogens with zero attached hydrogens (tertiary/aromatic N) is 1. The second-order valence-electron chi connectivity index (χ2n) is 6.85. The molecular formula is C19H18N2O5S. The van der Waals surface area contributed by atoms with Crippen LogP contribution in [0.4, 0.5) is 11.4 Å². The third-order valence-corrected chi connectivity index (χ3v) is 6.51. The predicted octanol–water partition coefficient (Wildman–Crippen LogP) is 2.09. The molecule has 2 aromatic carbocycles. The molecule has 0 aliphatic carbocycles. The van der Waals surface area contributed by atoms with E-state index in [0.717, 1.165) is 23.2 Å². The minimum atomic E-state index is -3.76. The zero-order valence-electron chi connectivity index (χ0n) is 14.5. The Morgan fingerprint density at radius 3 is 2.48 bits per heavy atom. The normalized spacial score (nSPS) is 17.6. The van der Waals surface area contributed by atoms with Gasteiger partial charge in [0.25, 0.3) is 10.0 Å². The van der Waals surface area contributed by atoms with E-state index in [1.807, 2.05) is 17.0 Å². The van der Waals surface area contributed by atoms with Crippen LogP contribution in [0.15, 0.2) is 35.2 Å². The number of hydrogen-bond acceptors (Lipinski definition) is 5. The number of ether oxygens (including phenoxy) is 2. The molecule has 2 aromatic rings. The molecule has 0 saturated heterocycles. The van der Waals surface area contributed by atoms with E-state index in [-0.39, 0.29) is 10.8 Å². The topological polar surface area (TPSA) is 84.9 Å². The van der Waals surface area contributed by atoms with Crippen molar-refractivity contribution in [3.8, 4) is 11.5 Å². The molecule has 1 N–H and O–H groups in total. The van der Waals surface area contributed by atoms with Crippen LogP contribution in [-0.4, -0.2) is 34.1 Å². The van der Waals surface area contributed by atoms with Gasteiger partial charge < -0.3 is 14.4 Å². The third kappa shape index (κ3) is 2.71. The van der Waals surface area contributed by atoms with Crippen LogP contribution in [0.2, 0.25) is 0 Å². The summed E-state index contributed by atoms with van der Waals surface area (Å²) in [5.74, 6) is 1.13. The van der Waals surface area contributed by atoms with E-state index in [9.17, 15) is 13.2 Å². The predicted molar refractivity (Wildman–Crippen MR) is 99.1 cm³/mol. The standard InChI is InChI=1S/C19H18N2O5S/c22-18-4-1-12-9-14(10-13-5-6-21(18)19(12)13)20-27(23,24)15-2-3-16-17(11-15)26-8-7-25-16/h2-3,9-11,20H,1,4-8H2. The van der Waals surface area contributed by atoms with E-state index in [2.05, 4.69) is 4.72 Å². The lowest BCUT2D eigenvalue weighted by Crippen LogP contribution is -2.32. The zero-order chi connectivity index (χ0) is 18.6. The maximum atomic E-state index is 12.8. The lowest BCUT2D eigenvalue weighted by atomic mass is 9.99. The number of nitrogens with one attached hydrogen (secondary N) is 1. The van der Waals surface area contributed by atoms with E-state index in [1.54, 1.807) is 6.07 Å². The van der Waals surface area contributed by atoms with Crippen LogP contribution in [0.25, 0.3) is 0 Å². The van der Waals surface area contributed by atoms with Crippen molar-refractivity contribution in [2.75, 3.05) is 29.4 Å². The van der Waals surface area contributed by atoms with Gasteiger partial charge in [0.2, 0.25) is 5.91 Å². The Kier molecular flexibility index (Phi) is 3.58. The zero-order valence-corrected chi connectivity index (χ0v) is 15.3. The highest BCUT2D eigenvalue weighted by atomic mass is 32.2. The average molecular weight is 386 g/mol. The van der Waals surface area contributed by atoms with Gasteiger partial charge in [0.15, 0.2) is 11.5 Å². The Labute approximate surface area is 156 Å². The van der Waals surface area contributed by atoms with Crippen LogP contribution < -0.4 is 19.1 Å². The molecule has 0 atom stereocenters. The van der Waals surface area contributed by atoms with Crippen molar-refractivity contribution in [1.29, 1.82) is 0 Å². The Morgan fingerprint density at radius 2 is 1.67 bits per heavy atom. The lowest BCUT2D eigenvalue weighted by Gasteiger charge is -2.26. The molecule has 27 heavy (non-hydrogen) atoms. The van der Waals surface area contributed by atoms with E-state index >= 15 is 0 Å². The Balaban J connectivity index is 1.48. The van der Waals surface area contributed by atoms with Crippen LogP contribution in [0.5, 0.6) is 11.5 Å². The minimum Gasteiger partial charge on any atom is -0.486 e. The molecule has 3 aliphatic rings. The monoisotopic (exact) mass is 386 g/mol. The average Bonchev–Trinajstić information content (AvgIpc) is 3.09. The number of amides is 1. The molecule has 0 unspecified atom stereocenters. The smallest absolute Gasteiger partial charge is 0.262 e. The molecular weight excluding hydrogens is 368 g/mol. The number of fused-ring (bicyclic) bond motifs is 1. The fourth-order valence-electron chi connectivity index (χ4n) is 3.92. The first-order valence-electron chi connectivity index (χ1n) is 8.90. The summed E-state index contributed by atoms with van der Waals surface area (Å²) in [4.78, 5) is 14.0. The first-order valence-corrected chi connectivity index (χ1v) is 10.4. The minimum absolute atomic E-state index is 0.123. The summed E-state index contributed by atoms with van der Waals surface area (Å²) in [6.45, 7) is 1.52. The van der Waals surface area contributed by atoms with E-state index in [1.165, 1.54) is 12.1 Å². The highest BCUT2D eigenvalue weighted by molar-refractivity contribution is 7.92. The van der Waals surface area contributed by atoms with Crippen LogP contribution >= 0.6 is 0 Å². The van der Waals surface area contributed by atoms with E-state index in [4.69, 9.17) is 9.47 Å². The maximum absolute atomic E-state index is 12.8. The van der Waals surface area contributed by atoms with Crippen LogP contribution in [0.1, 0.15) is 17.5 Å². The van der Waals surface area contributed by atoms with E-state index in [0.29, 0.717) is 49.8 Å². The number of carbonyl (C=O) groups excluding carboxylic acids is 1. The number of rotatable bonds is 3. The van der Waals surface area contributed by atoms with Gasteiger partial charge >= 0.3 is 0 Å². The quantitative estimate of drug-likeness (QED) is 0.873. The number of benzene rings is 2. The molecule has 0 spiro atoms. The molecule has 8 heteroatoms. The van der Waals surface area contributed by atoms with Crippen molar-refractivity contribution in [2.45, 2.75) is 24.2 Å². The second kappa shape index (κ2) is 5.88. The summed E-state index contributed by atoms with van der Waals surface area (Å²) in [6.07, 6.45) is 1.84. The molecule has 3 heterocycles. The molecule has 1 amide bonds. The van der Waals surface area contributed by atoms with Gasteiger partial charge in [-0.2, -0.15) is 0 Å². The Morgan fingerprint density at radius 1 is 0.926 bits per heavy atom. The van der Waals surface area contributed by atoms with Crippen molar-refractivity contribution >= 4 is 27.3 Å². The molecule has 0 aromatic heterocycles. The number of carbonyl (C=O) groups is 1. The summed E-state index contributed by atoms with van der Waals surface area (Å²) in [6, 6.07) is 8.26. The van der Waals surface area contributed by atoms with Crippen molar-refractivity contribution in [3.63, 3.8) is 0 Å². The molecule has 140 valence electrons. The van der Waals surface area contributed by atoms with Gasteiger partial charge in [0.05, 0.1) is 10.6 Å².